The number of ether oxygens (including phenoxy) is 2. The third-order valence-corrected chi connectivity index (χ3v) is 9.34. The molecule has 4 aromatic carbocycles. The Balaban J connectivity index is 1.56. The highest BCUT2D eigenvalue weighted by Crippen LogP contribution is 2.36. The highest BCUT2D eigenvalue weighted by molar-refractivity contribution is 7.93. The Bertz CT molecular complexity index is 1850. The zero-order valence-corrected chi connectivity index (χ0v) is 24.8. The van der Waals surface area contributed by atoms with Crippen LogP contribution in [0.2, 0.25) is 0 Å². The molecular formula is C29H26F3N3O7S2. The van der Waals surface area contributed by atoms with Crippen molar-refractivity contribution in [3.05, 3.63) is 103 Å². The van der Waals surface area contributed by atoms with Gasteiger partial charge in [-0.1, -0.05) is 24.3 Å². The van der Waals surface area contributed by atoms with Gasteiger partial charge in [0, 0.05) is 17.4 Å². The Morgan fingerprint density at radius 2 is 1.45 bits per heavy atom. The molecule has 2 N–H and O–H groups in total. The summed E-state index contributed by atoms with van der Waals surface area (Å²) in [6.45, 7) is -0.683. The summed E-state index contributed by atoms with van der Waals surface area (Å²) < 4.78 is 105. The molecule has 0 aromatic heterocycles. The predicted molar refractivity (Wildman–Crippen MR) is 158 cm³/mol. The van der Waals surface area contributed by atoms with Gasteiger partial charge in [-0.2, -0.15) is 13.2 Å². The molecule has 0 fully saturated rings. The van der Waals surface area contributed by atoms with Crippen LogP contribution in [0.5, 0.6) is 11.5 Å². The van der Waals surface area contributed by atoms with Gasteiger partial charge in [0.1, 0.15) is 18.0 Å². The number of rotatable bonds is 11. The lowest BCUT2D eigenvalue weighted by molar-refractivity contribution is -0.137. The van der Waals surface area contributed by atoms with Crippen LogP contribution >= 0.6 is 0 Å². The average molecular weight is 650 g/mol. The van der Waals surface area contributed by atoms with Crippen molar-refractivity contribution < 1.29 is 44.3 Å². The fourth-order valence-electron chi connectivity index (χ4n) is 4.03. The van der Waals surface area contributed by atoms with Crippen LogP contribution in [0.1, 0.15) is 5.56 Å². The standard InChI is InChI=1S/C29H26F3N3O7S2/c1-41-23-13-16-26(27(18-23)42-2)35(44(39,40)25-9-4-3-5-10-25)19-28(36)33-21-11-14-24(15-12-21)43(37,38)34-22-8-6-7-20(17-22)29(30,31)32/h3-18,34H,19H2,1-2H3,(H,33,36). The van der Waals surface area contributed by atoms with Crippen LogP contribution in [0, 0.1) is 0 Å². The number of anilines is 3. The van der Waals surface area contributed by atoms with Gasteiger partial charge in [-0.05, 0) is 66.7 Å². The number of halogens is 3. The minimum Gasteiger partial charge on any atom is -0.497 e. The van der Waals surface area contributed by atoms with E-state index in [4.69, 9.17) is 9.47 Å². The van der Waals surface area contributed by atoms with Crippen molar-refractivity contribution in [2.24, 2.45) is 0 Å². The van der Waals surface area contributed by atoms with E-state index < -0.39 is 44.2 Å². The van der Waals surface area contributed by atoms with Crippen molar-refractivity contribution in [2.45, 2.75) is 16.0 Å². The number of nitrogens with zero attached hydrogens (tertiary/aromatic N) is 1. The Morgan fingerprint density at radius 3 is 2.07 bits per heavy atom. The van der Waals surface area contributed by atoms with Crippen LogP contribution in [0.4, 0.5) is 30.2 Å². The van der Waals surface area contributed by atoms with Gasteiger partial charge >= 0.3 is 6.18 Å². The molecule has 4 rings (SSSR count). The zero-order chi connectivity index (χ0) is 32.1. The highest BCUT2D eigenvalue weighted by Gasteiger charge is 2.31. The maximum atomic E-state index is 13.6. The van der Waals surface area contributed by atoms with Crippen LogP contribution in [0.25, 0.3) is 0 Å². The first-order chi connectivity index (χ1) is 20.7. The number of amides is 1. The van der Waals surface area contributed by atoms with E-state index in [9.17, 15) is 34.8 Å². The second-order valence-electron chi connectivity index (χ2n) is 9.12. The minimum atomic E-state index is -4.66. The minimum absolute atomic E-state index is 0.0643. The fraction of sp³-hybridized carbons (Fsp3) is 0.138. The lowest BCUT2D eigenvalue weighted by Gasteiger charge is -2.26. The summed E-state index contributed by atoms with van der Waals surface area (Å²) in [7, 11) is -5.78. The van der Waals surface area contributed by atoms with E-state index in [0.717, 1.165) is 28.6 Å². The third kappa shape index (κ3) is 7.41. The second kappa shape index (κ2) is 12.9. The number of benzene rings is 4. The molecule has 0 radical (unpaired) electrons. The number of carbonyl (C=O) groups excluding carboxylic acids is 1. The van der Waals surface area contributed by atoms with E-state index in [1.54, 1.807) is 6.07 Å². The first-order valence-corrected chi connectivity index (χ1v) is 15.6. The van der Waals surface area contributed by atoms with Gasteiger partial charge < -0.3 is 14.8 Å². The Kier molecular flexibility index (Phi) is 9.39. The van der Waals surface area contributed by atoms with Gasteiger partial charge in [-0.3, -0.25) is 13.8 Å². The Labute approximate surface area is 252 Å². The monoisotopic (exact) mass is 649 g/mol. The van der Waals surface area contributed by atoms with Crippen LogP contribution < -0.4 is 23.8 Å². The summed E-state index contributed by atoms with van der Waals surface area (Å²) in [6, 6.07) is 20.4. The first-order valence-electron chi connectivity index (χ1n) is 12.6. The molecule has 0 saturated carbocycles. The molecule has 4 aromatic rings. The van der Waals surface area contributed by atoms with Crippen LogP contribution in [-0.2, 0) is 31.0 Å². The van der Waals surface area contributed by atoms with E-state index in [2.05, 4.69) is 10.0 Å². The van der Waals surface area contributed by atoms with Crippen molar-refractivity contribution in [3.8, 4) is 11.5 Å². The van der Waals surface area contributed by atoms with Crippen molar-refractivity contribution >= 4 is 43.0 Å². The van der Waals surface area contributed by atoms with Gasteiger partial charge in [-0.25, -0.2) is 16.8 Å². The summed E-state index contributed by atoms with van der Waals surface area (Å²) in [4.78, 5) is 12.8. The normalized spacial score (nSPS) is 11.8. The van der Waals surface area contributed by atoms with E-state index in [1.807, 2.05) is 0 Å². The van der Waals surface area contributed by atoms with Gasteiger partial charge in [0.15, 0.2) is 0 Å². The molecule has 232 valence electrons. The van der Waals surface area contributed by atoms with Gasteiger partial charge in [0.05, 0.1) is 35.3 Å². The number of alkyl halides is 3. The summed E-state index contributed by atoms with van der Waals surface area (Å²) in [5.41, 5.74) is -1.11. The molecule has 0 spiro atoms. The molecule has 0 aliphatic rings. The van der Waals surface area contributed by atoms with Crippen molar-refractivity contribution in [1.29, 1.82) is 0 Å². The average Bonchev–Trinajstić information content (AvgIpc) is 2.99. The fourth-order valence-corrected chi connectivity index (χ4v) is 6.53. The zero-order valence-electron chi connectivity index (χ0n) is 23.2. The van der Waals surface area contributed by atoms with Gasteiger partial charge in [-0.15, -0.1) is 0 Å². The predicted octanol–water partition coefficient (Wildman–Crippen LogP) is 5.36. The van der Waals surface area contributed by atoms with Crippen LogP contribution in [0.15, 0.2) is 107 Å². The highest BCUT2D eigenvalue weighted by atomic mass is 32.2. The van der Waals surface area contributed by atoms with Gasteiger partial charge in [0.2, 0.25) is 5.91 Å². The smallest absolute Gasteiger partial charge is 0.416 e. The van der Waals surface area contributed by atoms with Crippen molar-refractivity contribution in [2.75, 3.05) is 35.1 Å². The van der Waals surface area contributed by atoms with Crippen LogP contribution in [0.3, 0.4) is 0 Å². The quantitative estimate of drug-likeness (QED) is 0.224. The maximum absolute atomic E-state index is 13.6. The SMILES string of the molecule is COc1ccc(N(CC(=O)Nc2ccc(S(=O)(=O)Nc3cccc(C(F)(F)F)c3)cc2)S(=O)(=O)c2ccccc2)c(OC)c1. The Hall–Kier alpha value is -4.76. The lowest BCUT2D eigenvalue weighted by Crippen LogP contribution is -2.38. The number of hydrogen-bond acceptors (Lipinski definition) is 7. The van der Waals surface area contributed by atoms with E-state index in [1.165, 1.54) is 74.9 Å². The molecule has 0 aliphatic heterocycles. The number of nitrogens with one attached hydrogen (secondary N) is 2. The molecular weight excluding hydrogens is 623 g/mol. The molecule has 0 aliphatic carbocycles. The molecule has 0 saturated heterocycles. The van der Waals surface area contributed by atoms with E-state index >= 15 is 0 Å². The number of methoxy groups -OCH3 is 2. The van der Waals surface area contributed by atoms with E-state index in [-0.39, 0.29) is 32.6 Å². The Morgan fingerprint density at radius 1 is 0.773 bits per heavy atom. The van der Waals surface area contributed by atoms with Crippen molar-refractivity contribution in [1.82, 2.24) is 0 Å². The largest absolute Gasteiger partial charge is 0.497 e. The first kappa shape index (κ1) is 32.2. The summed E-state index contributed by atoms with van der Waals surface area (Å²) in [5, 5.41) is 2.53. The molecule has 0 bridgehead atoms. The molecule has 15 heteroatoms. The van der Waals surface area contributed by atoms with Crippen LogP contribution in [-0.4, -0.2) is 43.5 Å². The number of carbonyl (C=O) groups is 1. The molecule has 1 amide bonds. The maximum Gasteiger partial charge on any atom is 0.416 e. The number of hydrogen-bond donors (Lipinski definition) is 2. The molecule has 0 unspecified atom stereocenters. The summed E-state index contributed by atoms with van der Waals surface area (Å²) in [5.74, 6) is -0.246. The summed E-state index contributed by atoms with van der Waals surface area (Å²) in [6.07, 6.45) is -4.66. The lowest BCUT2D eigenvalue weighted by atomic mass is 10.2. The molecule has 0 heterocycles. The number of sulfonamides is 2. The van der Waals surface area contributed by atoms with Crippen molar-refractivity contribution in [3.63, 3.8) is 0 Å². The molecule has 44 heavy (non-hydrogen) atoms. The summed E-state index contributed by atoms with van der Waals surface area (Å²) >= 11 is 0. The van der Waals surface area contributed by atoms with E-state index in [0.29, 0.717) is 11.8 Å². The topological polar surface area (TPSA) is 131 Å². The molecule has 10 nitrogen and oxygen atoms in total. The third-order valence-electron chi connectivity index (χ3n) is 6.16. The second-order valence-corrected chi connectivity index (χ2v) is 12.7. The molecule has 0 atom stereocenters. The van der Waals surface area contributed by atoms with Gasteiger partial charge in [0.25, 0.3) is 20.0 Å².